The van der Waals surface area contributed by atoms with Crippen molar-refractivity contribution in [2.45, 2.75) is 19.9 Å². The molecule has 1 N–H and O–H groups in total. The van der Waals surface area contributed by atoms with Crippen LogP contribution < -0.4 is 5.32 Å². The van der Waals surface area contributed by atoms with Crippen molar-refractivity contribution in [3.63, 3.8) is 0 Å². The summed E-state index contributed by atoms with van der Waals surface area (Å²) in [5.41, 5.74) is 0. The van der Waals surface area contributed by atoms with Crippen LogP contribution in [0.5, 0.6) is 0 Å². The first-order valence-corrected chi connectivity index (χ1v) is 7.35. The topological polar surface area (TPSA) is 66.5 Å². The van der Waals surface area contributed by atoms with Gasteiger partial charge in [-0.1, -0.05) is 6.92 Å². The monoisotopic (exact) mass is 284 g/mol. The van der Waals surface area contributed by atoms with Crippen LogP contribution in [0, 0.1) is 5.92 Å². The van der Waals surface area contributed by atoms with E-state index in [9.17, 15) is 13.2 Å². The summed E-state index contributed by atoms with van der Waals surface area (Å²) in [4.78, 5) is 13.7. The lowest BCUT2D eigenvalue weighted by atomic mass is 10.1. The van der Waals surface area contributed by atoms with Crippen molar-refractivity contribution in [3.05, 3.63) is 0 Å². The van der Waals surface area contributed by atoms with Crippen LogP contribution in [0.3, 0.4) is 0 Å². The Morgan fingerprint density at radius 1 is 1.53 bits per heavy atom. The Hall–Kier alpha value is -0.330. The standard InChI is InChI=1S/C10H20N2O3S.ClH/c1-8(6-11-3)10(13)12-4-5-16(14,15)7-9(12)2;/h8-9,11H,4-7H2,1-3H3;1H. The molecule has 5 nitrogen and oxygen atoms in total. The summed E-state index contributed by atoms with van der Waals surface area (Å²) < 4.78 is 22.7. The van der Waals surface area contributed by atoms with Crippen LogP contribution in [0.4, 0.5) is 0 Å². The van der Waals surface area contributed by atoms with E-state index in [1.54, 1.807) is 18.9 Å². The van der Waals surface area contributed by atoms with Gasteiger partial charge in [-0.2, -0.15) is 0 Å². The zero-order chi connectivity index (χ0) is 12.3. The van der Waals surface area contributed by atoms with Gasteiger partial charge in [-0.15, -0.1) is 12.4 Å². The predicted molar refractivity (Wildman–Crippen MR) is 70.2 cm³/mol. The van der Waals surface area contributed by atoms with Crippen LogP contribution in [-0.4, -0.2) is 56.9 Å². The smallest absolute Gasteiger partial charge is 0.226 e. The minimum atomic E-state index is -2.95. The first kappa shape index (κ1) is 16.7. The largest absolute Gasteiger partial charge is 0.338 e. The molecule has 0 aromatic rings. The summed E-state index contributed by atoms with van der Waals surface area (Å²) in [6.45, 7) is 4.60. The molecule has 0 aromatic heterocycles. The van der Waals surface area contributed by atoms with Crippen LogP contribution in [0.15, 0.2) is 0 Å². The van der Waals surface area contributed by atoms with E-state index in [1.165, 1.54) is 0 Å². The van der Waals surface area contributed by atoms with E-state index in [2.05, 4.69) is 5.32 Å². The van der Waals surface area contributed by atoms with Gasteiger partial charge in [0.15, 0.2) is 9.84 Å². The van der Waals surface area contributed by atoms with E-state index in [4.69, 9.17) is 0 Å². The molecule has 1 saturated heterocycles. The fraction of sp³-hybridized carbons (Fsp3) is 0.900. The quantitative estimate of drug-likeness (QED) is 0.787. The summed E-state index contributed by atoms with van der Waals surface area (Å²) >= 11 is 0. The summed E-state index contributed by atoms with van der Waals surface area (Å²) in [7, 11) is -1.15. The van der Waals surface area contributed by atoms with Crippen molar-refractivity contribution in [2.75, 3.05) is 31.6 Å². The molecular weight excluding hydrogens is 264 g/mol. The zero-order valence-corrected chi connectivity index (χ0v) is 12.1. The van der Waals surface area contributed by atoms with Crippen LogP contribution in [0.25, 0.3) is 0 Å². The van der Waals surface area contributed by atoms with Crippen LogP contribution in [0.1, 0.15) is 13.8 Å². The number of nitrogens with zero attached hydrogens (tertiary/aromatic N) is 1. The Labute approximate surface area is 109 Å². The van der Waals surface area contributed by atoms with E-state index >= 15 is 0 Å². The molecule has 1 aliphatic heterocycles. The molecule has 1 amide bonds. The maximum absolute atomic E-state index is 12.0. The first-order valence-electron chi connectivity index (χ1n) is 5.53. The van der Waals surface area contributed by atoms with E-state index < -0.39 is 9.84 Å². The Morgan fingerprint density at radius 3 is 2.59 bits per heavy atom. The highest BCUT2D eigenvalue weighted by atomic mass is 35.5. The molecule has 17 heavy (non-hydrogen) atoms. The predicted octanol–water partition coefficient (Wildman–Crippen LogP) is -0.0908. The minimum Gasteiger partial charge on any atom is -0.338 e. The second-order valence-corrected chi connectivity index (χ2v) is 6.68. The van der Waals surface area contributed by atoms with Crippen molar-refractivity contribution >= 4 is 28.2 Å². The van der Waals surface area contributed by atoms with Gasteiger partial charge in [-0.25, -0.2) is 8.42 Å². The molecule has 1 rings (SSSR count). The minimum absolute atomic E-state index is 0. The van der Waals surface area contributed by atoms with Gasteiger partial charge >= 0.3 is 0 Å². The lowest BCUT2D eigenvalue weighted by molar-refractivity contribution is -0.136. The third kappa shape index (κ3) is 4.44. The summed E-state index contributed by atoms with van der Waals surface area (Å²) in [6.07, 6.45) is 0. The lowest BCUT2D eigenvalue weighted by Crippen LogP contribution is -2.52. The molecule has 0 spiro atoms. The number of halogens is 1. The van der Waals surface area contributed by atoms with Gasteiger partial charge in [-0.05, 0) is 14.0 Å². The van der Waals surface area contributed by atoms with Crippen molar-refractivity contribution < 1.29 is 13.2 Å². The van der Waals surface area contributed by atoms with Gasteiger partial charge in [-0.3, -0.25) is 4.79 Å². The van der Waals surface area contributed by atoms with Gasteiger partial charge in [0.2, 0.25) is 5.91 Å². The van der Waals surface area contributed by atoms with Crippen molar-refractivity contribution in [1.29, 1.82) is 0 Å². The zero-order valence-electron chi connectivity index (χ0n) is 10.5. The molecule has 2 unspecified atom stereocenters. The molecule has 1 heterocycles. The van der Waals surface area contributed by atoms with Crippen molar-refractivity contribution in [2.24, 2.45) is 5.92 Å². The van der Waals surface area contributed by atoms with Crippen LogP contribution in [-0.2, 0) is 14.6 Å². The van der Waals surface area contributed by atoms with Gasteiger partial charge in [0.25, 0.3) is 0 Å². The SMILES string of the molecule is CNCC(C)C(=O)N1CCS(=O)(=O)CC1C.Cl. The Balaban J connectivity index is 0.00000256. The average molecular weight is 285 g/mol. The van der Waals surface area contributed by atoms with Gasteiger partial charge in [0.05, 0.1) is 11.5 Å². The number of amides is 1. The second-order valence-electron chi connectivity index (χ2n) is 4.45. The molecule has 0 saturated carbocycles. The maximum atomic E-state index is 12.0. The molecule has 1 fully saturated rings. The molecule has 0 aromatic carbocycles. The molecule has 102 valence electrons. The van der Waals surface area contributed by atoms with Gasteiger partial charge < -0.3 is 10.2 Å². The third-order valence-corrected chi connectivity index (χ3v) is 4.68. The first-order chi connectivity index (χ1) is 7.37. The van der Waals surface area contributed by atoms with E-state index in [1.807, 2.05) is 6.92 Å². The van der Waals surface area contributed by atoms with Gasteiger partial charge in [0, 0.05) is 25.0 Å². The third-order valence-electron chi connectivity index (χ3n) is 2.89. The van der Waals surface area contributed by atoms with Crippen LogP contribution in [0.2, 0.25) is 0 Å². The molecule has 0 radical (unpaired) electrons. The molecule has 1 aliphatic rings. The molecule has 2 atom stereocenters. The highest BCUT2D eigenvalue weighted by Crippen LogP contribution is 2.14. The maximum Gasteiger partial charge on any atom is 0.226 e. The van der Waals surface area contributed by atoms with E-state index in [0.29, 0.717) is 13.1 Å². The molecular formula is C10H21ClN2O3S. The van der Waals surface area contributed by atoms with Crippen molar-refractivity contribution in [1.82, 2.24) is 10.2 Å². The normalized spacial score (nSPS) is 24.9. The number of carbonyl (C=O) groups is 1. The molecule has 7 heteroatoms. The number of sulfone groups is 1. The average Bonchev–Trinajstić information content (AvgIpc) is 2.16. The number of nitrogens with one attached hydrogen (secondary N) is 1. The lowest BCUT2D eigenvalue weighted by Gasteiger charge is -2.35. The molecule has 0 bridgehead atoms. The van der Waals surface area contributed by atoms with Crippen molar-refractivity contribution in [3.8, 4) is 0 Å². The summed E-state index contributed by atoms with van der Waals surface area (Å²) in [5, 5.41) is 2.95. The number of hydrogen-bond donors (Lipinski definition) is 1. The van der Waals surface area contributed by atoms with E-state index in [0.717, 1.165) is 0 Å². The summed E-state index contributed by atoms with van der Waals surface area (Å²) in [5.74, 6) is 0.116. The highest BCUT2D eigenvalue weighted by Gasteiger charge is 2.32. The Morgan fingerprint density at radius 2 is 2.12 bits per heavy atom. The number of rotatable bonds is 3. The van der Waals surface area contributed by atoms with E-state index in [-0.39, 0.29) is 41.8 Å². The van der Waals surface area contributed by atoms with Crippen LogP contribution >= 0.6 is 12.4 Å². The highest BCUT2D eigenvalue weighted by molar-refractivity contribution is 7.91. The fourth-order valence-electron chi connectivity index (χ4n) is 2.00. The molecule has 0 aliphatic carbocycles. The Kier molecular flexibility index (Phi) is 6.43. The number of carbonyl (C=O) groups excluding carboxylic acids is 1. The summed E-state index contributed by atoms with van der Waals surface area (Å²) in [6, 6.07) is -0.203. The number of hydrogen-bond acceptors (Lipinski definition) is 4. The Bertz CT molecular complexity index is 359. The van der Waals surface area contributed by atoms with Gasteiger partial charge in [0.1, 0.15) is 0 Å². The second kappa shape index (κ2) is 6.56. The fourth-order valence-corrected chi connectivity index (χ4v) is 3.56.